The van der Waals surface area contributed by atoms with Crippen LogP contribution in [0.5, 0.6) is 0 Å². The Balaban J connectivity index is 3.34. The van der Waals surface area contributed by atoms with Crippen LogP contribution in [0.25, 0.3) is 0 Å². The van der Waals surface area contributed by atoms with E-state index in [0.29, 0.717) is 5.56 Å². The van der Waals surface area contributed by atoms with E-state index in [4.69, 9.17) is 5.73 Å². The van der Waals surface area contributed by atoms with E-state index < -0.39 is 0 Å². The highest BCUT2D eigenvalue weighted by molar-refractivity contribution is 9.10. The van der Waals surface area contributed by atoms with Gasteiger partial charge in [0.05, 0.1) is 4.92 Å². The Labute approximate surface area is 109 Å². The van der Waals surface area contributed by atoms with Gasteiger partial charge in [-0.15, -0.1) is 0 Å². The third-order valence-corrected chi connectivity index (χ3v) is 3.32. The second kappa shape index (κ2) is 5.60. The van der Waals surface area contributed by atoms with Crippen LogP contribution < -0.4 is 5.73 Å². The number of rotatable bonds is 4. The summed E-state index contributed by atoms with van der Waals surface area (Å²) in [5.74, 6) is 0.232. The minimum absolute atomic E-state index is 0.0205. The number of hydrogen-bond donors (Lipinski definition) is 1. The minimum Gasteiger partial charge on any atom is -0.327 e. The molecule has 0 saturated heterocycles. The Hall–Kier alpha value is -0.940. The molecule has 0 amide bonds. The highest BCUT2D eigenvalue weighted by Gasteiger charge is 2.27. The van der Waals surface area contributed by atoms with Crippen LogP contribution in [0, 0.1) is 16.0 Å². The normalized spacial score (nSPS) is 14.7. The lowest BCUT2D eigenvalue weighted by Crippen LogP contribution is -2.29. The van der Waals surface area contributed by atoms with E-state index in [1.54, 1.807) is 12.1 Å². The molecule has 0 heterocycles. The zero-order valence-corrected chi connectivity index (χ0v) is 11.8. The average Bonchev–Trinajstić information content (AvgIpc) is 2.15. The zero-order chi connectivity index (χ0) is 13.2. The van der Waals surface area contributed by atoms with Gasteiger partial charge in [0, 0.05) is 28.1 Å². The Kier molecular flexibility index (Phi) is 4.65. The lowest BCUT2D eigenvalue weighted by atomic mass is 9.83. The summed E-state index contributed by atoms with van der Waals surface area (Å²) in [4.78, 5) is 10.7. The zero-order valence-electron chi connectivity index (χ0n) is 10.2. The van der Waals surface area contributed by atoms with Crippen LogP contribution in [0.2, 0.25) is 0 Å². The molecule has 94 valence electrons. The van der Waals surface area contributed by atoms with Gasteiger partial charge in [-0.1, -0.05) is 29.8 Å². The monoisotopic (exact) mass is 300 g/mol. The largest absolute Gasteiger partial charge is 0.327 e. The molecule has 0 aliphatic heterocycles. The summed E-state index contributed by atoms with van der Waals surface area (Å²) < 4.78 is 0.837. The number of nitro groups is 1. The van der Waals surface area contributed by atoms with Gasteiger partial charge in [-0.25, -0.2) is 0 Å². The predicted octanol–water partition coefficient (Wildman–Crippen LogP) is 3.44. The van der Waals surface area contributed by atoms with Gasteiger partial charge in [0.1, 0.15) is 0 Å². The fourth-order valence-corrected chi connectivity index (χ4v) is 2.59. The maximum Gasteiger partial charge on any atom is 0.273 e. The lowest BCUT2D eigenvalue weighted by Gasteiger charge is -2.25. The topological polar surface area (TPSA) is 69.2 Å². The van der Waals surface area contributed by atoms with E-state index >= 15 is 0 Å². The molecular weight excluding hydrogens is 284 g/mol. The predicted molar refractivity (Wildman–Crippen MR) is 72.0 cm³/mol. The smallest absolute Gasteiger partial charge is 0.273 e. The highest BCUT2D eigenvalue weighted by atomic mass is 79.9. The molecule has 0 fully saturated rings. The van der Waals surface area contributed by atoms with Crippen molar-refractivity contribution in [2.24, 2.45) is 11.7 Å². The van der Waals surface area contributed by atoms with Crippen molar-refractivity contribution in [1.29, 1.82) is 0 Å². The molecular formula is C12H17BrN2O2. The maximum absolute atomic E-state index is 11.0. The number of benzene rings is 1. The van der Waals surface area contributed by atoms with Gasteiger partial charge >= 0.3 is 0 Å². The first-order valence-electron chi connectivity index (χ1n) is 5.54. The Bertz CT molecular complexity index is 411. The van der Waals surface area contributed by atoms with Crippen LogP contribution in [0.3, 0.4) is 0 Å². The van der Waals surface area contributed by atoms with E-state index in [9.17, 15) is 10.1 Å². The molecule has 0 aromatic heterocycles. The molecule has 0 aliphatic rings. The van der Waals surface area contributed by atoms with E-state index in [1.165, 1.54) is 6.07 Å². The van der Waals surface area contributed by atoms with E-state index in [-0.39, 0.29) is 28.5 Å². The summed E-state index contributed by atoms with van der Waals surface area (Å²) in [5, 5.41) is 11.0. The number of hydrogen-bond acceptors (Lipinski definition) is 3. The van der Waals surface area contributed by atoms with Crippen molar-refractivity contribution in [3.8, 4) is 0 Å². The van der Waals surface area contributed by atoms with E-state index in [1.807, 2.05) is 20.8 Å². The van der Waals surface area contributed by atoms with E-state index in [2.05, 4.69) is 15.9 Å². The van der Waals surface area contributed by atoms with Crippen LogP contribution in [-0.4, -0.2) is 11.0 Å². The van der Waals surface area contributed by atoms with Crippen molar-refractivity contribution in [2.75, 3.05) is 0 Å². The van der Waals surface area contributed by atoms with Crippen LogP contribution in [0.15, 0.2) is 22.7 Å². The van der Waals surface area contributed by atoms with Crippen molar-refractivity contribution < 1.29 is 4.92 Å². The molecule has 5 heteroatoms. The van der Waals surface area contributed by atoms with Crippen LogP contribution in [0.4, 0.5) is 5.69 Å². The van der Waals surface area contributed by atoms with Crippen molar-refractivity contribution in [3.63, 3.8) is 0 Å². The van der Waals surface area contributed by atoms with Crippen molar-refractivity contribution in [1.82, 2.24) is 0 Å². The minimum atomic E-state index is -0.348. The number of nitrogens with two attached hydrogens (primary N) is 1. The molecule has 2 N–H and O–H groups in total. The second-order valence-corrected chi connectivity index (χ2v) is 5.50. The molecule has 0 saturated carbocycles. The van der Waals surface area contributed by atoms with Gasteiger partial charge < -0.3 is 5.73 Å². The third-order valence-electron chi connectivity index (χ3n) is 2.83. The quantitative estimate of drug-likeness (QED) is 0.684. The van der Waals surface area contributed by atoms with Crippen molar-refractivity contribution in [2.45, 2.75) is 32.7 Å². The molecule has 1 aromatic carbocycles. The summed E-state index contributed by atoms with van der Waals surface area (Å²) >= 11 is 3.35. The number of halogens is 1. The Morgan fingerprint density at radius 1 is 1.35 bits per heavy atom. The van der Waals surface area contributed by atoms with Crippen LogP contribution in [0.1, 0.15) is 32.3 Å². The summed E-state index contributed by atoms with van der Waals surface area (Å²) in [5.41, 5.74) is 6.80. The first-order chi connectivity index (χ1) is 7.84. The molecule has 0 spiro atoms. The fraction of sp³-hybridized carbons (Fsp3) is 0.500. The van der Waals surface area contributed by atoms with Crippen molar-refractivity contribution >= 4 is 21.6 Å². The Morgan fingerprint density at radius 2 is 1.94 bits per heavy atom. The third kappa shape index (κ3) is 3.26. The first kappa shape index (κ1) is 14.1. The molecule has 17 heavy (non-hydrogen) atoms. The second-order valence-electron chi connectivity index (χ2n) is 4.59. The maximum atomic E-state index is 11.0. The summed E-state index contributed by atoms with van der Waals surface area (Å²) in [6.07, 6.45) is 0. The van der Waals surface area contributed by atoms with Gasteiger partial charge in [0.2, 0.25) is 0 Å². The van der Waals surface area contributed by atoms with E-state index in [0.717, 1.165) is 4.47 Å². The fourth-order valence-electron chi connectivity index (χ4n) is 2.21. The highest BCUT2D eigenvalue weighted by Crippen LogP contribution is 2.35. The molecule has 0 bridgehead atoms. The average molecular weight is 301 g/mol. The van der Waals surface area contributed by atoms with Gasteiger partial charge in [-0.05, 0) is 25.0 Å². The molecule has 0 radical (unpaired) electrons. The Morgan fingerprint density at radius 3 is 2.35 bits per heavy atom. The SMILES string of the molecule is CC(C)C(c1cc(Br)ccc1[N+](=O)[O-])C(C)N. The van der Waals surface area contributed by atoms with Gasteiger partial charge in [0.15, 0.2) is 0 Å². The molecule has 2 unspecified atom stereocenters. The van der Waals surface area contributed by atoms with Crippen molar-refractivity contribution in [3.05, 3.63) is 38.3 Å². The lowest BCUT2D eigenvalue weighted by molar-refractivity contribution is -0.385. The molecule has 4 nitrogen and oxygen atoms in total. The van der Waals surface area contributed by atoms with Crippen LogP contribution >= 0.6 is 15.9 Å². The van der Waals surface area contributed by atoms with Gasteiger partial charge in [-0.2, -0.15) is 0 Å². The molecule has 2 atom stereocenters. The molecule has 1 aromatic rings. The summed E-state index contributed by atoms with van der Waals surface area (Å²) in [6.45, 7) is 5.94. The standard InChI is InChI=1S/C12H17BrN2O2/c1-7(2)12(8(3)14)10-6-9(13)4-5-11(10)15(16)17/h4-8,12H,14H2,1-3H3. The number of nitro benzene ring substituents is 1. The summed E-state index contributed by atoms with van der Waals surface area (Å²) in [6, 6.07) is 4.88. The number of nitrogens with zero attached hydrogens (tertiary/aromatic N) is 1. The van der Waals surface area contributed by atoms with Gasteiger partial charge in [0.25, 0.3) is 5.69 Å². The molecule has 1 rings (SSSR count). The summed E-state index contributed by atoms with van der Waals surface area (Å²) in [7, 11) is 0. The molecule has 0 aliphatic carbocycles. The van der Waals surface area contributed by atoms with Gasteiger partial charge in [-0.3, -0.25) is 10.1 Å². The van der Waals surface area contributed by atoms with Crippen LogP contribution in [-0.2, 0) is 0 Å². The first-order valence-corrected chi connectivity index (χ1v) is 6.33.